The molecule has 0 atom stereocenters. The number of nitrogens with zero attached hydrogens (tertiary/aromatic N) is 1. The van der Waals surface area contributed by atoms with E-state index in [1.807, 2.05) is 18.6 Å². The maximum atomic E-state index is 11.5. The van der Waals surface area contributed by atoms with E-state index >= 15 is 0 Å². The number of likely N-dealkylation sites (tertiary alicyclic amines) is 1. The van der Waals surface area contributed by atoms with Crippen LogP contribution >= 0.6 is 0 Å². The van der Waals surface area contributed by atoms with Crippen LogP contribution in [-0.4, -0.2) is 56.8 Å². The van der Waals surface area contributed by atoms with Gasteiger partial charge in [-0.1, -0.05) is 6.92 Å². The monoisotopic (exact) mass is 294 g/mol. The standard InChI is InChI=1S/C12H24N2O4S.H2/c1-4-12(15)13-19(16,17)7-5-6-14-8-11(9-14)18-10(2)3;/h10-11H,4-9H2,1-3H3,(H,13,15);1H. The lowest BCUT2D eigenvalue weighted by atomic mass is 10.1. The van der Waals surface area contributed by atoms with Crippen LogP contribution in [0.4, 0.5) is 0 Å². The molecule has 1 amide bonds. The second-order valence-corrected chi connectivity index (χ2v) is 6.96. The molecule has 0 bridgehead atoms. The van der Waals surface area contributed by atoms with Gasteiger partial charge in [0.1, 0.15) is 0 Å². The second kappa shape index (κ2) is 7.21. The number of hydrogen-bond acceptors (Lipinski definition) is 5. The minimum Gasteiger partial charge on any atom is -0.373 e. The van der Waals surface area contributed by atoms with Crippen LogP contribution in [0.2, 0.25) is 0 Å². The predicted octanol–water partition coefficient (Wildman–Crippen LogP) is 0.588. The van der Waals surface area contributed by atoms with Crippen LogP contribution in [0.3, 0.4) is 0 Å². The molecular formula is C12H26N2O4S. The van der Waals surface area contributed by atoms with Gasteiger partial charge < -0.3 is 4.74 Å². The topological polar surface area (TPSA) is 75.7 Å². The summed E-state index contributed by atoms with van der Waals surface area (Å²) in [7, 11) is -3.46. The van der Waals surface area contributed by atoms with E-state index in [1.165, 1.54) is 0 Å². The number of ether oxygens (including phenoxy) is 1. The maximum absolute atomic E-state index is 11.5. The predicted molar refractivity (Wildman–Crippen MR) is 75.4 cm³/mol. The van der Waals surface area contributed by atoms with Gasteiger partial charge in [0.25, 0.3) is 0 Å². The van der Waals surface area contributed by atoms with E-state index in [9.17, 15) is 13.2 Å². The molecule has 0 aromatic heterocycles. The van der Waals surface area contributed by atoms with Gasteiger partial charge in [0.2, 0.25) is 15.9 Å². The number of carbonyl (C=O) groups is 1. The summed E-state index contributed by atoms with van der Waals surface area (Å²) in [6.07, 6.45) is 1.22. The van der Waals surface area contributed by atoms with Crippen molar-refractivity contribution in [2.75, 3.05) is 25.4 Å². The van der Waals surface area contributed by atoms with E-state index in [2.05, 4.69) is 4.90 Å². The average Bonchev–Trinajstić information content (AvgIpc) is 2.24. The molecule has 0 saturated carbocycles. The number of amides is 1. The highest BCUT2D eigenvalue weighted by Gasteiger charge is 2.27. The molecule has 1 N–H and O–H groups in total. The highest BCUT2D eigenvalue weighted by molar-refractivity contribution is 7.90. The van der Waals surface area contributed by atoms with Crippen molar-refractivity contribution in [2.45, 2.75) is 45.8 Å². The lowest BCUT2D eigenvalue weighted by molar-refractivity contribution is -0.119. The molecule has 1 aliphatic heterocycles. The van der Waals surface area contributed by atoms with Crippen molar-refractivity contribution in [3.8, 4) is 0 Å². The Labute approximate surface area is 117 Å². The number of carbonyl (C=O) groups excluding carboxylic acids is 1. The number of nitrogens with one attached hydrogen (secondary N) is 1. The summed E-state index contributed by atoms with van der Waals surface area (Å²) >= 11 is 0. The first-order chi connectivity index (χ1) is 8.82. The van der Waals surface area contributed by atoms with Crippen LogP contribution in [0.15, 0.2) is 0 Å². The summed E-state index contributed by atoms with van der Waals surface area (Å²) in [4.78, 5) is 13.2. The lowest BCUT2D eigenvalue weighted by Gasteiger charge is -2.39. The fraction of sp³-hybridized carbons (Fsp3) is 0.917. The van der Waals surface area contributed by atoms with Crippen molar-refractivity contribution in [2.24, 2.45) is 0 Å². The fourth-order valence-electron chi connectivity index (χ4n) is 1.95. The van der Waals surface area contributed by atoms with Crippen molar-refractivity contribution in [1.82, 2.24) is 9.62 Å². The highest BCUT2D eigenvalue weighted by atomic mass is 32.2. The maximum Gasteiger partial charge on any atom is 0.234 e. The molecule has 6 nitrogen and oxygen atoms in total. The van der Waals surface area contributed by atoms with Crippen LogP contribution < -0.4 is 4.72 Å². The van der Waals surface area contributed by atoms with E-state index < -0.39 is 15.9 Å². The largest absolute Gasteiger partial charge is 0.373 e. The van der Waals surface area contributed by atoms with Gasteiger partial charge >= 0.3 is 0 Å². The third-order valence-corrected chi connectivity index (χ3v) is 4.23. The van der Waals surface area contributed by atoms with Crippen molar-refractivity contribution in [1.29, 1.82) is 0 Å². The van der Waals surface area contributed by atoms with E-state index in [0.717, 1.165) is 19.6 Å². The molecule has 7 heteroatoms. The zero-order valence-electron chi connectivity index (χ0n) is 11.9. The summed E-state index contributed by atoms with van der Waals surface area (Å²) in [5.74, 6) is -0.459. The number of rotatable bonds is 8. The normalized spacial score (nSPS) is 17.5. The van der Waals surface area contributed by atoms with Gasteiger partial charge in [0.05, 0.1) is 18.0 Å². The van der Waals surface area contributed by atoms with Gasteiger partial charge in [0.15, 0.2) is 0 Å². The van der Waals surface area contributed by atoms with E-state index in [-0.39, 0.29) is 25.8 Å². The van der Waals surface area contributed by atoms with Crippen LogP contribution in [-0.2, 0) is 19.6 Å². The van der Waals surface area contributed by atoms with Crippen molar-refractivity contribution >= 4 is 15.9 Å². The van der Waals surface area contributed by atoms with Crippen molar-refractivity contribution in [3.05, 3.63) is 0 Å². The molecule has 0 aromatic rings. The number of hydrogen-bond donors (Lipinski definition) is 1. The third kappa shape index (κ3) is 6.35. The molecule has 0 aliphatic carbocycles. The third-order valence-electron chi connectivity index (χ3n) is 2.87. The quantitative estimate of drug-likeness (QED) is 0.709. The van der Waals surface area contributed by atoms with E-state index in [1.54, 1.807) is 6.92 Å². The highest BCUT2D eigenvalue weighted by Crippen LogP contribution is 2.13. The molecule has 1 fully saturated rings. The summed E-state index contributed by atoms with van der Waals surface area (Å²) in [5, 5.41) is 0. The Morgan fingerprint density at radius 2 is 2.11 bits per heavy atom. The van der Waals surface area contributed by atoms with Crippen LogP contribution in [0.1, 0.15) is 35.0 Å². The first kappa shape index (κ1) is 16.4. The van der Waals surface area contributed by atoms with Crippen LogP contribution in [0.25, 0.3) is 0 Å². The summed E-state index contributed by atoms with van der Waals surface area (Å²) in [6, 6.07) is 0. The molecule has 1 rings (SSSR count). The summed E-state index contributed by atoms with van der Waals surface area (Å²) in [5.41, 5.74) is 0. The Morgan fingerprint density at radius 3 is 2.63 bits per heavy atom. The van der Waals surface area contributed by atoms with Crippen molar-refractivity contribution < 1.29 is 19.4 Å². The van der Waals surface area contributed by atoms with Crippen LogP contribution in [0.5, 0.6) is 0 Å². The Kier molecular flexibility index (Phi) is 6.22. The molecule has 1 aliphatic rings. The zero-order chi connectivity index (χ0) is 14.5. The minimum absolute atomic E-state index is 0. The van der Waals surface area contributed by atoms with Gasteiger partial charge in [0, 0.05) is 20.9 Å². The van der Waals surface area contributed by atoms with Gasteiger partial charge in [-0.2, -0.15) is 0 Å². The van der Waals surface area contributed by atoms with Crippen LogP contribution in [0, 0.1) is 0 Å². The lowest BCUT2D eigenvalue weighted by Crippen LogP contribution is -2.53. The van der Waals surface area contributed by atoms with E-state index in [0.29, 0.717) is 6.42 Å². The minimum atomic E-state index is -3.46. The molecule has 0 spiro atoms. The van der Waals surface area contributed by atoms with Gasteiger partial charge in [-0.15, -0.1) is 0 Å². The second-order valence-electron chi connectivity index (χ2n) is 5.12. The summed E-state index contributed by atoms with van der Waals surface area (Å²) < 4.78 is 30.7. The van der Waals surface area contributed by atoms with Gasteiger partial charge in [-0.05, 0) is 26.8 Å². The molecule has 19 heavy (non-hydrogen) atoms. The molecule has 1 heterocycles. The first-order valence-electron chi connectivity index (χ1n) is 6.73. The molecular weight excluding hydrogens is 268 g/mol. The molecule has 0 radical (unpaired) electrons. The Balaban J connectivity index is 0.00000361. The van der Waals surface area contributed by atoms with Gasteiger partial charge in [-0.3, -0.25) is 14.4 Å². The smallest absolute Gasteiger partial charge is 0.234 e. The zero-order valence-corrected chi connectivity index (χ0v) is 12.7. The molecule has 1 saturated heterocycles. The molecule has 114 valence electrons. The Hall–Kier alpha value is -0.660. The Morgan fingerprint density at radius 1 is 1.47 bits per heavy atom. The molecule has 0 unspecified atom stereocenters. The number of sulfonamides is 1. The SMILES string of the molecule is CCC(=O)NS(=O)(=O)CCCN1CC(OC(C)C)C1.[HH]. The Bertz CT molecular complexity index is 394. The van der Waals surface area contributed by atoms with Crippen molar-refractivity contribution in [3.63, 3.8) is 0 Å². The summed E-state index contributed by atoms with van der Waals surface area (Å²) in [6.45, 7) is 8.08. The molecule has 0 aromatic carbocycles. The first-order valence-corrected chi connectivity index (χ1v) is 8.38. The average molecular weight is 294 g/mol. The fourth-order valence-corrected chi connectivity index (χ4v) is 3.05. The van der Waals surface area contributed by atoms with E-state index in [4.69, 9.17) is 4.74 Å². The van der Waals surface area contributed by atoms with Gasteiger partial charge in [-0.25, -0.2) is 8.42 Å².